The maximum atomic E-state index is 12.4. The van der Waals surface area contributed by atoms with Crippen molar-refractivity contribution < 1.29 is 12.8 Å². The Hall–Kier alpha value is -2.18. The number of thiazole rings is 1. The lowest BCUT2D eigenvalue weighted by Gasteiger charge is -2.04. The molecular weight excluding hydrogens is 306 g/mol. The Kier molecular flexibility index (Phi) is 2.84. The molecule has 3 aromatic heterocycles. The molecule has 0 aliphatic rings. The molecule has 0 spiro atoms. The number of aromatic nitrogens is 4. The van der Waals surface area contributed by atoms with Crippen LogP contribution in [0.2, 0.25) is 0 Å². The number of rotatable bonds is 4. The van der Waals surface area contributed by atoms with Crippen molar-refractivity contribution in [2.45, 2.75) is 11.9 Å². The van der Waals surface area contributed by atoms with Crippen LogP contribution in [0.4, 0.5) is 11.8 Å². The largest absolute Gasteiger partial charge is 0.408 e. The second kappa shape index (κ2) is 4.43. The average molecular weight is 315 g/mol. The van der Waals surface area contributed by atoms with E-state index in [-0.39, 0.29) is 22.7 Å². The van der Waals surface area contributed by atoms with Gasteiger partial charge in [-0.2, -0.15) is 13.4 Å². The highest BCUT2D eigenvalue weighted by atomic mass is 32.2. The molecule has 3 rings (SSSR count). The van der Waals surface area contributed by atoms with E-state index in [9.17, 15) is 8.42 Å². The third-order valence-corrected chi connectivity index (χ3v) is 4.46. The Morgan fingerprint density at radius 2 is 2.25 bits per heavy atom. The number of fused-ring (bicyclic) bond motifs is 1. The quantitative estimate of drug-likeness (QED) is 0.457. The van der Waals surface area contributed by atoms with Crippen LogP contribution in [0.3, 0.4) is 0 Å². The van der Waals surface area contributed by atoms with Gasteiger partial charge in [-0.25, -0.2) is 10.6 Å². The highest BCUT2D eigenvalue weighted by molar-refractivity contribution is 7.92. The van der Waals surface area contributed by atoms with E-state index in [1.807, 2.05) is 0 Å². The number of nitrogens with zero attached hydrogens (tertiary/aromatic N) is 4. The van der Waals surface area contributed by atoms with Gasteiger partial charge in [0.2, 0.25) is 10.9 Å². The van der Waals surface area contributed by atoms with Crippen molar-refractivity contribution in [2.24, 2.45) is 5.84 Å². The van der Waals surface area contributed by atoms with Gasteiger partial charge >= 0.3 is 6.01 Å². The third kappa shape index (κ3) is 1.99. The van der Waals surface area contributed by atoms with Gasteiger partial charge in [-0.3, -0.25) is 4.40 Å². The van der Waals surface area contributed by atoms with Gasteiger partial charge in [0, 0.05) is 18.5 Å². The van der Waals surface area contributed by atoms with E-state index in [0.29, 0.717) is 4.96 Å². The minimum Gasteiger partial charge on any atom is -0.408 e. The van der Waals surface area contributed by atoms with E-state index in [2.05, 4.69) is 25.3 Å². The molecule has 0 aliphatic carbocycles. The lowest BCUT2D eigenvalue weighted by molar-refractivity contribution is 0.534. The van der Waals surface area contributed by atoms with Crippen LogP contribution in [-0.4, -0.2) is 28.0 Å². The Labute approximate surface area is 116 Å². The number of imidazole rings is 1. The second-order valence-electron chi connectivity index (χ2n) is 3.70. The van der Waals surface area contributed by atoms with Crippen molar-refractivity contribution >= 4 is 38.2 Å². The van der Waals surface area contributed by atoms with E-state index in [0.717, 1.165) is 0 Å². The predicted octanol–water partition coefficient (Wildman–Crippen LogP) is 0.174. The molecule has 106 valence electrons. The smallest absolute Gasteiger partial charge is 0.329 e. The van der Waals surface area contributed by atoms with Gasteiger partial charge in [-0.15, -0.1) is 16.4 Å². The number of nitrogen functional groups attached to an aromatic ring is 1. The Balaban J connectivity index is 2.10. The molecule has 0 fully saturated rings. The maximum absolute atomic E-state index is 12.4. The molecule has 4 N–H and O–H groups in total. The highest BCUT2D eigenvalue weighted by Crippen LogP contribution is 2.26. The molecule has 12 heteroatoms. The van der Waals surface area contributed by atoms with Crippen LogP contribution in [0.5, 0.6) is 0 Å². The molecule has 0 aromatic carbocycles. The molecule has 0 amide bonds. The van der Waals surface area contributed by atoms with Gasteiger partial charge < -0.3 is 9.84 Å². The molecule has 0 radical (unpaired) electrons. The van der Waals surface area contributed by atoms with E-state index >= 15 is 0 Å². The number of nitrogens with one attached hydrogen (secondary N) is 2. The Bertz CT molecular complexity index is 862. The normalized spacial score (nSPS) is 11.9. The van der Waals surface area contributed by atoms with Crippen LogP contribution in [-0.2, 0) is 10.0 Å². The van der Waals surface area contributed by atoms with Crippen molar-refractivity contribution in [2.75, 3.05) is 10.1 Å². The van der Waals surface area contributed by atoms with Crippen LogP contribution in [0.15, 0.2) is 21.0 Å². The molecule has 0 saturated heterocycles. The summed E-state index contributed by atoms with van der Waals surface area (Å²) in [6, 6.07) is -0.226. The summed E-state index contributed by atoms with van der Waals surface area (Å²) >= 11 is 1.28. The van der Waals surface area contributed by atoms with Crippen molar-refractivity contribution in [1.29, 1.82) is 0 Å². The first kappa shape index (κ1) is 12.8. The van der Waals surface area contributed by atoms with E-state index in [1.54, 1.807) is 18.5 Å². The van der Waals surface area contributed by atoms with Crippen LogP contribution in [0, 0.1) is 6.92 Å². The summed E-state index contributed by atoms with van der Waals surface area (Å²) in [4.78, 5) is 4.55. The fourth-order valence-corrected chi connectivity index (χ4v) is 3.56. The zero-order valence-corrected chi connectivity index (χ0v) is 11.7. The zero-order valence-electron chi connectivity index (χ0n) is 10.1. The third-order valence-electron chi connectivity index (χ3n) is 2.36. The number of nitrogens with two attached hydrogens (primary N) is 1. The van der Waals surface area contributed by atoms with Gasteiger partial charge in [-0.1, -0.05) is 5.10 Å². The van der Waals surface area contributed by atoms with Gasteiger partial charge in [0.05, 0.1) is 0 Å². The van der Waals surface area contributed by atoms with Gasteiger partial charge in [-0.05, 0) is 0 Å². The van der Waals surface area contributed by atoms with E-state index in [1.165, 1.54) is 15.7 Å². The minimum absolute atomic E-state index is 0.0283. The van der Waals surface area contributed by atoms with Crippen molar-refractivity contribution in [3.05, 3.63) is 17.5 Å². The number of hydrogen-bond acceptors (Lipinski definition) is 9. The predicted molar refractivity (Wildman–Crippen MR) is 70.7 cm³/mol. The molecule has 0 aliphatic heterocycles. The Morgan fingerprint density at radius 3 is 2.90 bits per heavy atom. The summed E-state index contributed by atoms with van der Waals surface area (Å²) in [5.74, 6) is 5.58. The standard InChI is InChI=1S/C8H9N7O3S2/c1-4-12-13-7(18-4)14-20(16,17)6-5(11-9)10-8-15(6)2-3-19-8/h2-3,11H,9H2,1H3,(H,13,14). The van der Waals surface area contributed by atoms with Crippen LogP contribution in [0.25, 0.3) is 4.96 Å². The Morgan fingerprint density at radius 1 is 1.45 bits per heavy atom. The van der Waals surface area contributed by atoms with Gasteiger partial charge in [0.15, 0.2) is 10.8 Å². The number of sulfonamides is 1. The SMILES string of the molecule is Cc1nnc(NS(=O)(=O)c2c(NN)nc3sccn23)o1. The number of aryl methyl sites for hydroxylation is 1. The molecule has 3 heterocycles. The summed E-state index contributed by atoms with van der Waals surface area (Å²) in [6.45, 7) is 1.55. The molecule has 3 aromatic rings. The maximum Gasteiger partial charge on any atom is 0.329 e. The van der Waals surface area contributed by atoms with Crippen LogP contribution < -0.4 is 16.0 Å². The van der Waals surface area contributed by atoms with Gasteiger partial charge in [0.25, 0.3) is 10.0 Å². The van der Waals surface area contributed by atoms with Crippen molar-refractivity contribution in [1.82, 2.24) is 19.6 Å². The average Bonchev–Trinajstić information content (AvgIpc) is 3.02. The number of anilines is 2. The van der Waals surface area contributed by atoms with Gasteiger partial charge in [0.1, 0.15) is 0 Å². The fraction of sp³-hybridized carbons (Fsp3) is 0.125. The lowest BCUT2D eigenvalue weighted by Crippen LogP contribution is -2.19. The molecule has 0 saturated carbocycles. The summed E-state index contributed by atoms with van der Waals surface area (Å²) in [5.41, 5.74) is 2.26. The second-order valence-corrected chi connectivity index (χ2v) is 6.17. The molecule has 0 atom stereocenters. The first-order chi connectivity index (χ1) is 9.51. The van der Waals surface area contributed by atoms with E-state index in [4.69, 9.17) is 10.3 Å². The van der Waals surface area contributed by atoms with Crippen molar-refractivity contribution in [3.63, 3.8) is 0 Å². The number of hydrogen-bond donors (Lipinski definition) is 3. The lowest BCUT2D eigenvalue weighted by atomic mass is 10.7. The molecule has 0 bridgehead atoms. The first-order valence-corrected chi connectivity index (χ1v) is 7.62. The van der Waals surface area contributed by atoms with Crippen LogP contribution in [0.1, 0.15) is 5.89 Å². The summed E-state index contributed by atoms with van der Waals surface area (Å²) < 4.78 is 33.3. The summed E-state index contributed by atoms with van der Waals surface area (Å²) in [6.07, 6.45) is 1.57. The monoisotopic (exact) mass is 315 g/mol. The highest BCUT2D eigenvalue weighted by Gasteiger charge is 2.27. The number of hydrazine groups is 1. The van der Waals surface area contributed by atoms with E-state index < -0.39 is 10.0 Å². The molecule has 10 nitrogen and oxygen atoms in total. The van der Waals surface area contributed by atoms with Crippen LogP contribution >= 0.6 is 11.3 Å². The molecule has 20 heavy (non-hydrogen) atoms. The minimum atomic E-state index is -3.98. The summed E-state index contributed by atoms with van der Waals surface area (Å²) in [7, 11) is -3.98. The molecule has 0 unspecified atom stereocenters. The first-order valence-electron chi connectivity index (χ1n) is 5.26. The summed E-state index contributed by atoms with van der Waals surface area (Å²) in [5, 5.41) is 8.70. The fourth-order valence-electron chi connectivity index (χ4n) is 1.62. The topological polar surface area (TPSA) is 140 Å². The zero-order chi connectivity index (χ0) is 14.3. The van der Waals surface area contributed by atoms with Crippen molar-refractivity contribution in [3.8, 4) is 0 Å². The molecular formula is C8H9N7O3S2.